The van der Waals surface area contributed by atoms with Gasteiger partial charge in [-0.25, -0.2) is 0 Å². The average Bonchev–Trinajstić information content (AvgIpc) is 2.12. The summed E-state index contributed by atoms with van der Waals surface area (Å²) in [7, 11) is 1.51. The van der Waals surface area contributed by atoms with Crippen molar-refractivity contribution in [3.8, 4) is 0 Å². The highest BCUT2D eigenvalue weighted by Crippen LogP contribution is 2.15. The van der Waals surface area contributed by atoms with Crippen LogP contribution in [0.5, 0.6) is 0 Å². The van der Waals surface area contributed by atoms with Crippen LogP contribution >= 0.6 is 0 Å². The molecule has 4 nitrogen and oxygen atoms in total. The predicted molar refractivity (Wildman–Crippen MR) is 52.0 cm³/mol. The highest BCUT2D eigenvalue weighted by Gasteiger charge is 2.28. The van der Waals surface area contributed by atoms with Crippen LogP contribution in [-0.2, 0) is 9.47 Å². The van der Waals surface area contributed by atoms with Crippen LogP contribution in [-0.4, -0.2) is 50.5 Å². The fourth-order valence-electron chi connectivity index (χ4n) is 1.01. The molecule has 0 aromatic carbocycles. The number of aliphatic hydroxyl groups is 1. The van der Waals surface area contributed by atoms with Gasteiger partial charge in [0.2, 0.25) is 0 Å². The molecule has 0 aromatic heterocycles. The van der Waals surface area contributed by atoms with E-state index in [1.54, 1.807) is 6.92 Å². The van der Waals surface area contributed by atoms with E-state index in [1.807, 2.05) is 0 Å². The third kappa shape index (κ3) is 10.2. The van der Waals surface area contributed by atoms with Gasteiger partial charge in [-0.1, -0.05) is 0 Å². The van der Waals surface area contributed by atoms with Gasteiger partial charge in [-0.3, -0.25) is 4.74 Å². The largest absolute Gasteiger partial charge is 0.522 e. The summed E-state index contributed by atoms with van der Waals surface area (Å²) in [5, 5.41) is 12.4. The minimum atomic E-state index is -4.60. The predicted octanol–water partition coefficient (Wildman–Crippen LogP) is 0.900. The van der Waals surface area contributed by atoms with Crippen LogP contribution in [0.4, 0.5) is 13.2 Å². The first-order valence-corrected chi connectivity index (χ1v) is 4.89. The molecule has 0 radical (unpaired) electrons. The summed E-state index contributed by atoms with van der Waals surface area (Å²) < 4.78 is 43.0. The zero-order valence-electron chi connectivity index (χ0n) is 9.43. The van der Waals surface area contributed by atoms with Crippen molar-refractivity contribution in [1.29, 1.82) is 0 Å². The minimum Gasteiger partial charge on any atom is -0.389 e. The van der Waals surface area contributed by atoms with Gasteiger partial charge in [0.15, 0.2) is 0 Å². The van der Waals surface area contributed by atoms with Crippen LogP contribution in [0, 0.1) is 0 Å². The van der Waals surface area contributed by atoms with Crippen molar-refractivity contribution in [1.82, 2.24) is 5.32 Å². The fraction of sp³-hybridized carbons (Fsp3) is 1.00. The Morgan fingerprint density at radius 3 is 2.38 bits per heavy atom. The fourth-order valence-corrected chi connectivity index (χ4v) is 1.01. The van der Waals surface area contributed by atoms with Gasteiger partial charge in [0, 0.05) is 33.2 Å². The topological polar surface area (TPSA) is 50.7 Å². The number of hydrogen-bond acceptors (Lipinski definition) is 4. The number of nitrogens with one attached hydrogen (secondary N) is 1. The second kappa shape index (κ2) is 7.05. The molecule has 0 aromatic rings. The van der Waals surface area contributed by atoms with Crippen LogP contribution in [0.25, 0.3) is 0 Å². The van der Waals surface area contributed by atoms with Gasteiger partial charge < -0.3 is 15.2 Å². The Morgan fingerprint density at radius 1 is 1.25 bits per heavy atom. The Labute approximate surface area is 92.7 Å². The lowest BCUT2D eigenvalue weighted by Crippen LogP contribution is -2.40. The van der Waals surface area contributed by atoms with Gasteiger partial charge >= 0.3 is 6.36 Å². The molecule has 0 heterocycles. The Kier molecular flexibility index (Phi) is 6.89. The number of hydrogen-bond donors (Lipinski definition) is 2. The van der Waals surface area contributed by atoms with E-state index in [9.17, 15) is 18.3 Å². The van der Waals surface area contributed by atoms with Crippen molar-refractivity contribution in [3.05, 3.63) is 0 Å². The average molecular weight is 245 g/mol. The van der Waals surface area contributed by atoms with Crippen molar-refractivity contribution in [2.75, 3.05) is 33.4 Å². The molecule has 98 valence electrons. The van der Waals surface area contributed by atoms with Gasteiger partial charge in [-0.15, -0.1) is 13.2 Å². The lowest BCUT2D eigenvalue weighted by Gasteiger charge is -2.23. The molecular formula is C9H18F3NO3. The Morgan fingerprint density at radius 2 is 1.88 bits per heavy atom. The highest BCUT2D eigenvalue weighted by atomic mass is 19.4. The van der Waals surface area contributed by atoms with E-state index >= 15 is 0 Å². The van der Waals surface area contributed by atoms with Crippen LogP contribution in [0.2, 0.25) is 0 Å². The van der Waals surface area contributed by atoms with E-state index in [0.29, 0.717) is 13.0 Å². The van der Waals surface area contributed by atoms with E-state index in [1.165, 1.54) is 7.11 Å². The SMILES string of the molecule is COCCC(C)(O)CNCCOC(F)(F)F. The zero-order chi connectivity index (χ0) is 12.7. The summed E-state index contributed by atoms with van der Waals surface area (Å²) in [5.74, 6) is 0. The van der Waals surface area contributed by atoms with E-state index < -0.39 is 18.6 Å². The third-order valence-corrected chi connectivity index (χ3v) is 1.90. The first-order valence-electron chi connectivity index (χ1n) is 4.89. The minimum absolute atomic E-state index is 0.0304. The number of halogens is 3. The molecule has 1 atom stereocenters. The molecule has 0 amide bonds. The number of rotatable bonds is 8. The first-order chi connectivity index (χ1) is 7.27. The second-order valence-corrected chi connectivity index (χ2v) is 3.71. The molecule has 0 fully saturated rings. The van der Waals surface area contributed by atoms with E-state index in [2.05, 4.69) is 10.1 Å². The van der Waals surface area contributed by atoms with Gasteiger partial charge in [0.05, 0.1) is 12.2 Å². The molecule has 0 aliphatic rings. The lowest BCUT2D eigenvalue weighted by molar-refractivity contribution is -0.323. The van der Waals surface area contributed by atoms with Crippen molar-refractivity contribution in [2.24, 2.45) is 0 Å². The lowest BCUT2D eigenvalue weighted by atomic mass is 10.0. The van der Waals surface area contributed by atoms with Gasteiger partial charge in [0.1, 0.15) is 0 Å². The number of alkyl halides is 3. The van der Waals surface area contributed by atoms with Crippen LogP contribution in [0.3, 0.4) is 0 Å². The molecule has 0 saturated carbocycles. The maximum absolute atomic E-state index is 11.6. The van der Waals surface area contributed by atoms with Crippen molar-refractivity contribution in [2.45, 2.75) is 25.3 Å². The number of ether oxygens (including phenoxy) is 2. The Balaban J connectivity index is 3.50. The van der Waals surface area contributed by atoms with Gasteiger partial charge in [0.25, 0.3) is 0 Å². The Bertz CT molecular complexity index is 185. The molecule has 0 bridgehead atoms. The molecule has 0 aliphatic carbocycles. The van der Waals surface area contributed by atoms with Gasteiger partial charge in [-0.2, -0.15) is 0 Å². The standard InChI is InChI=1S/C9H18F3NO3/c1-8(14,3-5-15-2)7-13-4-6-16-9(10,11)12/h13-14H,3-7H2,1-2H3. The summed E-state index contributed by atoms with van der Waals surface area (Å²) in [6.07, 6.45) is -4.18. The van der Waals surface area contributed by atoms with E-state index in [-0.39, 0.29) is 13.1 Å². The molecule has 0 spiro atoms. The number of methoxy groups -OCH3 is 1. The smallest absolute Gasteiger partial charge is 0.389 e. The highest BCUT2D eigenvalue weighted by molar-refractivity contribution is 4.74. The summed E-state index contributed by atoms with van der Waals surface area (Å²) in [4.78, 5) is 0. The Hall–Kier alpha value is -0.370. The van der Waals surface area contributed by atoms with Crippen molar-refractivity contribution in [3.63, 3.8) is 0 Å². The molecule has 1 unspecified atom stereocenters. The summed E-state index contributed by atoms with van der Waals surface area (Å²) in [6, 6.07) is 0. The van der Waals surface area contributed by atoms with Crippen molar-refractivity contribution < 1.29 is 27.8 Å². The molecular weight excluding hydrogens is 227 g/mol. The molecule has 2 N–H and O–H groups in total. The van der Waals surface area contributed by atoms with E-state index in [4.69, 9.17) is 4.74 Å². The molecule has 16 heavy (non-hydrogen) atoms. The van der Waals surface area contributed by atoms with Crippen LogP contribution < -0.4 is 5.32 Å². The summed E-state index contributed by atoms with van der Waals surface area (Å²) >= 11 is 0. The molecule has 0 aliphatic heterocycles. The maximum Gasteiger partial charge on any atom is 0.522 e. The first kappa shape index (κ1) is 15.6. The maximum atomic E-state index is 11.6. The summed E-state index contributed by atoms with van der Waals surface area (Å²) in [5.41, 5.74) is -0.992. The van der Waals surface area contributed by atoms with Crippen molar-refractivity contribution >= 4 is 0 Å². The normalized spacial score (nSPS) is 16.1. The summed E-state index contributed by atoms with van der Waals surface area (Å²) in [6.45, 7) is 1.74. The molecule has 0 rings (SSSR count). The van der Waals surface area contributed by atoms with Crippen LogP contribution in [0.1, 0.15) is 13.3 Å². The quantitative estimate of drug-likeness (QED) is 0.624. The van der Waals surface area contributed by atoms with E-state index in [0.717, 1.165) is 0 Å². The molecule has 0 saturated heterocycles. The van der Waals surface area contributed by atoms with Crippen LogP contribution in [0.15, 0.2) is 0 Å². The zero-order valence-corrected chi connectivity index (χ0v) is 9.43. The second-order valence-electron chi connectivity index (χ2n) is 3.71. The molecule has 7 heteroatoms. The third-order valence-electron chi connectivity index (χ3n) is 1.90. The monoisotopic (exact) mass is 245 g/mol. The van der Waals surface area contributed by atoms with Gasteiger partial charge in [-0.05, 0) is 6.92 Å².